The molecule has 26 heavy (non-hydrogen) atoms. The van der Waals surface area contributed by atoms with Gasteiger partial charge in [0, 0.05) is 44.3 Å². The number of nitrogens with one attached hydrogen (secondary N) is 1. The van der Waals surface area contributed by atoms with Gasteiger partial charge in [0.2, 0.25) is 5.91 Å². The van der Waals surface area contributed by atoms with Gasteiger partial charge in [-0.25, -0.2) is 0 Å². The van der Waals surface area contributed by atoms with Crippen LogP contribution in [0.5, 0.6) is 0 Å². The number of amides is 1. The number of benzene rings is 2. The molecule has 1 saturated heterocycles. The molecular formula is C21H26ClN3O. The van der Waals surface area contributed by atoms with Crippen LogP contribution in [0.15, 0.2) is 54.6 Å². The third-order valence-corrected chi connectivity index (χ3v) is 4.98. The summed E-state index contributed by atoms with van der Waals surface area (Å²) in [5, 5.41) is 3.80. The van der Waals surface area contributed by atoms with Gasteiger partial charge in [0.05, 0.1) is 6.54 Å². The molecule has 0 aliphatic carbocycles. The average Bonchev–Trinajstić information content (AvgIpc) is 2.66. The Bertz CT molecular complexity index is 682. The minimum absolute atomic E-state index is 0.118. The zero-order chi connectivity index (χ0) is 18.2. The highest BCUT2D eigenvalue weighted by Gasteiger charge is 2.18. The molecule has 3 rings (SSSR count). The molecule has 4 nitrogen and oxygen atoms in total. The molecule has 5 heteroatoms. The summed E-state index contributed by atoms with van der Waals surface area (Å²) in [6, 6.07) is 18.3. The lowest BCUT2D eigenvalue weighted by Gasteiger charge is -2.34. The molecule has 2 aromatic carbocycles. The van der Waals surface area contributed by atoms with E-state index in [0.29, 0.717) is 13.1 Å². The number of nitrogens with zero attached hydrogens (tertiary/aromatic N) is 2. The second kappa shape index (κ2) is 9.72. The molecular weight excluding hydrogens is 346 g/mol. The zero-order valence-electron chi connectivity index (χ0n) is 15.0. The van der Waals surface area contributed by atoms with Crippen molar-refractivity contribution in [1.29, 1.82) is 0 Å². The number of hydrogen-bond acceptors (Lipinski definition) is 3. The summed E-state index contributed by atoms with van der Waals surface area (Å²) in [6.45, 7) is 5.95. The van der Waals surface area contributed by atoms with Crippen molar-refractivity contribution in [2.75, 3.05) is 39.3 Å². The standard InChI is InChI=1S/C21H26ClN3O/c22-20-8-6-19(7-9-20)16-24-12-14-25(15-13-24)17-21(26)23-11-10-18-4-2-1-3-5-18/h1-9H,10-17H2,(H,23,26). The van der Waals surface area contributed by atoms with Crippen LogP contribution in [0, 0.1) is 0 Å². The van der Waals surface area contributed by atoms with Gasteiger partial charge in [0.25, 0.3) is 0 Å². The lowest BCUT2D eigenvalue weighted by Crippen LogP contribution is -2.49. The Morgan fingerprint density at radius 1 is 0.885 bits per heavy atom. The smallest absolute Gasteiger partial charge is 0.234 e. The number of hydrogen-bond donors (Lipinski definition) is 1. The molecule has 0 bridgehead atoms. The molecule has 0 aromatic heterocycles. The van der Waals surface area contributed by atoms with Crippen molar-refractivity contribution in [1.82, 2.24) is 15.1 Å². The molecule has 1 fully saturated rings. The molecule has 1 aliphatic rings. The normalized spacial score (nSPS) is 15.7. The van der Waals surface area contributed by atoms with E-state index in [-0.39, 0.29) is 5.91 Å². The average molecular weight is 372 g/mol. The zero-order valence-corrected chi connectivity index (χ0v) is 15.8. The molecule has 138 valence electrons. The Labute approximate surface area is 160 Å². The van der Waals surface area contributed by atoms with Crippen molar-refractivity contribution in [3.63, 3.8) is 0 Å². The topological polar surface area (TPSA) is 35.6 Å². The first-order valence-electron chi connectivity index (χ1n) is 9.19. The van der Waals surface area contributed by atoms with E-state index in [9.17, 15) is 4.79 Å². The summed E-state index contributed by atoms with van der Waals surface area (Å²) in [5.41, 5.74) is 2.53. The van der Waals surface area contributed by atoms with E-state index in [2.05, 4.69) is 39.4 Å². The van der Waals surface area contributed by atoms with Crippen LogP contribution in [0.4, 0.5) is 0 Å². The summed E-state index contributed by atoms with van der Waals surface area (Å²) in [7, 11) is 0. The van der Waals surface area contributed by atoms with E-state index in [1.807, 2.05) is 30.3 Å². The summed E-state index contributed by atoms with van der Waals surface area (Å²) < 4.78 is 0. The monoisotopic (exact) mass is 371 g/mol. The van der Waals surface area contributed by atoms with Crippen molar-refractivity contribution in [2.45, 2.75) is 13.0 Å². The highest BCUT2D eigenvalue weighted by molar-refractivity contribution is 6.30. The van der Waals surface area contributed by atoms with Crippen LogP contribution in [-0.4, -0.2) is 55.0 Å². The molecule has 1 heterocycles. The van der Waals surface area contributed by atoms with Crippen LogP contribution in [0.3, 0.4) is 0 Å². The highest BCUT2D eigenvalue weighted by Crippen LogP contribution is 2.12. The summed E-state index contributed by atoms with van der Waals surface area (Å²) in [4.78, 5) is 16.8. The Morgan fingerprint density at radius 2 is 1.54 bits per heavy atom. The van der Waals surface area contributed by atoms with E-state index >= 15 is 0 Å². The molecule has 1 aliphatic heterocycles. The first kappa shape index (κ1) is 18.9. The van der Waals surface area contributed by atoms with Gasteiger partial charge in [0.15, 0.2) is 0 Å². The van der Waals surface area contributed by atoms with Gasteiger partial charge in [-0.15, -0.1) is 0 Å². The van der Waals surface area contributed by atoms with Crippen molar-refractivity contribution in [2.24, 2.45) is 0 Å². The lowest BCUT2D eigenvalue weighted by molar-refractivity contribution is -0.122. The summed E-state index contributed by atoms with van der Waals surface area (Å²) >= 11 is 5.93. The minimum Gasteiger partial charge on any atom is -0.355 e. The van der Waals surface area contributed by atoms with E-state index in [1.165, 1.54) is 11.1 Å². The number of piperazine rings is 1. The third-order valence-electron chi connectivity index (χ3n) is 4.73. The quantitative estimate of drug-likeness (QED) is 0.813. The molecule has 2 aromatic rings. The van der Waals surface area contributed by atoms with Gasteiger partial charge in [0.1, 0.15) is 0 Å². The van der Waals surface area contributed by atoms with Gasteiger partial charge in [-0.05, 0) is 29.7 Å². The first-order valence-corrected chi connectivity index (χ1v) is 9.56. The van der Waals surface area contributed by atoms with Crippen LogP contribution >= 0.6 is 11.6 Å². The summed E-state index contributed by atoms with van der Waals surface area (Å²) in [5.74, 6) is 0.118. The predicted molar refractivity (Wildman–Crippen MR) is 106 cm³/mol. The fourth-order valence-corrected chi connectivity index (χ4v) is 3.33. The maximum Gasteiger partial charge on any atom is 0.234 e. The second-order valence-corrected chi connectivity index (χ2v) is 7.20. The second-order valence-electron chi connectivity index (χ2n) is 6.76. The Morgan fingerprint density at radius 3 is 2.23 bits per heavy atom. The maximum absolute atomic E-state index is 12.1. The highest BCUT2D eigenvalue weighted by atomic mass is 35.5. The fourth-order valence-electron chi connectivity index (χ4n) is 3.20. The van der Waals surface area contributed by atoms with Gasteiger partial charge < -0.3 is 5.32 Å². The van der Waals surface area contributed by atoms with Gasteiger partial charge in [-0.2, -0.15) is 0 Å². The molecule has 1 amide bonds. The van der Waals surface area contributed by atoms with E-state index < -0.39 is 0 Å². The van der Waals surface area contributed by atoms with Gasteiger partial charge in [-0.3, -0.25) is 14.6 Å². The first-order chi connectivity index (χ1) is 12.7. The third kappa shape index (κ3) is 6.13. The van der Waals surface area contributed by atoms with Crippen LogP contribution < -0.4 is 5.32 Å². The predicted octanol–water partition coefficient (Wildman–Crippen LogP) is 2.82. The van der Waals surface area contributed by atoms with Crippen molar-refractivity contribution >= 4 is 17.5 Å². The number of carbonyl (C=O) groups excluding carboxylic acids is 1. The molecule has 1 N–H and O–H groups in total. The lowest BCUT2D eigenvalue weighted by atomic mass is 10.1. The molecule has 0 atom stereocenters. The SMILES string of the molecule is O=C(CN1CCN(Cc2ccc(Cl)cc2)CC1)NCCc1ccccc1. The summed E-state index contributed by atoms with van der Waals surface area (Å²) in [6.07, 6.45) is 0.876. The van der Waals surface area contributed by atoms with Gasteiger partial charge in [-0.1, -0.05) is 54.1 Å². The van der Waals surface area contributed by atoms with Crippen LogP contribution in [0.2, 0.25) is 5.02 Å². The molecule has 0 saturated carbocycles. The molecule has 0 radical (unpaired) electrons. The van der Waals surface area contributed by atoms with Crippen molar-refractivity contribution in [3.05, 3.63) is 70.7 Å². The Hall–Kier alpha value is -1.88. The number of rotatable bonds is 7. The van der Waals surface area contributed by atoms with Crippen LogP contribution in [0.1, 0.15) is 11.1 Å². The van der Waals surface area contributed by atoms with Crippen LogP contribution in [-0.2, 0) is 17.8 Å². The molecule has 0 spiro atoms. The minimum atomic E-state index is 0.118. The van der Waals surface area contributed by atoms with Crippen molar-refractivity contribution < 1.29 is 4.79 Å². The maximum atomic E-state index is 12.1. The van der Waals surface area contributed by atoms with Crippen molar-refractivity contribution in [3.8, 4) is 0 Å². The Balaban J connectivity index is 1.33. The number of halogens is 1. The number of carbonyl (C=O) groups is 1. The van der Waals surface area contributed by atoms with E-state index in [0.717, 1.165) is 44.2 Å². The van der Waals surface area contributed by atoms with E-state index in [1.54, 1.807) is 0 Å². The molecule has 0 unspecified atom stereocenters. The Kier molecular flexibility index (Phi) is 7.06. The largest absolute Gasteiger partial charge is 0.355 e. The fraction of sp³-hybridized carbons (Fsp3) is 0.381. The van der Waals surface area contributed by atoms with Gasteiger partial charge >= 0.3 is 0 Å². The van der Waals surface area contributed by atoms with E-state index in [4.69, 9.17) is 11.6 Å². The van der Waals surface area contributed by atoms with Crippen LogP contribution in [0.25, 0.3) is 0 Å².